The van der Waals surface area contributed by atoms with Crippen LogP contribution >= 0.6 is 11.8 Å². The molecule has 0 unspecified atom stereocenters. The monoisotopic (exact) mass is 537 g/mol. The molecule has 4 aromatic rings. The highest BCUT2D eigenvalue weighted by Gasteiger charge is 2.30. The molecule has 0 aliphatic heterocycles. The van der Waals surface area contributed by atoms with Crippen LogP contribution in [0.25, 0.3) is 11.3 Å². The van der Waals surface area contributed by atoms with Gasteiger partial charge in [-0.2, -0.15) is 23.5 Å². The number of nitro groups is 1. The number of anilines is 1. The van der Waals surface area contributed by atoms with E-state index in [0.29, 0.717) is 16.7 Å². The fourth-order valence-corrected chi connectivity index (χ4v) is 3.99. The Morgan fingerprint density at radius 3 is 2.55 bits per heavy atom. The van der Waals surface area contributed by atoms with Gasteiger partial charge in [-0.25, -0.2) is 15.4 Å². The molecule has 0 fully saturated rings. The molecule has 0 radical (unpaired) electrons. The molecule has 0 spiro atoms. The molecule has 2 aromatic carbocycles. The number of aromatic nitrogens is 3. The van der Waals surface area contributed by atoms with Gasteiger partial charge in [0.1, 0.15) is 16.7 Å². The number of nitriles is 1. The Morgan fingerprint density at radius 2 is 1.92 bits per heavy atom. The average Bonchev–Trinajstić information content (AvgIpc) is 2.89. The van der Waals surface area contributed by atoms with Gasteiger partial charge in [-0.05, 0) is 18.2 Å². The summed E-state index contributed by atoms with van der Waals surface area (Å²) in [5.41, 5.74) is 1.41. The summed E-state index contributed by atoms with van der Waals surface area (Å²) < 4.78 is 38.5. The summed E-state index contributed by atoms with van der Waals surface area (Å²) in [4.78, 5) is 33.9. The molecule has 10 nitrogen and oxygen atoms in total. The van der Waals surface area contributed by atoms with E-state index in [4.69, 9.17) is 0 Å². The molecular weight excluding hydrogens is 523 g/mol. The number of rotatable bonds is 7. The molecule has 190 valence electrons. The molecular formula is C24H14F3N7O3S. The van der Waals surface area contributed by atoms with E-state index in [1.54, 1.807) is 30.3 Å². The largest absolute Gasteiger partial charge is 0.417 e. The number of H-pyrrole nitrogens is 1. The summed E-state index contributed by atoms with van der Waals surface area (Å²) in [6.07, 6.45) is -2.62. The topological polar surface area (TPSA) is 150 Å². The Labute approximate surface area is 216 Å². The Morgan fingerprint density at radius 1 is 1.16 bits per heavy atom. The van der Waals surface area contributed by atoms with Gasteiger partial charge in [0.05, 0.1) is 22.4 Å². The van der Waals surface area contributed by atoms with E-state index in [2.05, 4.69) is 25.5 Å². The van der Waals surface area contributed by atoms with Crippen molar-refractivity contribution >= 4 is 29.6 Å². The molecule has 2 heterocycles. The van der Waals surface area contributed by atoms with Crippen molar-refractivity contribution in [3.8, 4) is 17.3 Å². The zero-order valence-electron chi connectivity index (χ0n) is 18.9. The van der Waals surface area contributed by atoms with Gasteiger partial charge in [0.2, 0.25) is 5.95 Å². The first-order valence-corrected chi connectivity index (χ1v) is 11.4. The van der Waals surface area contributed by atoms with Crippen molar-refractivity contribution in [2.45, 2.75) is 16.1 Å². The molecule has 14 heteroatoms. The van der Waals surface area contributed by atoms with Gasteiger partial charge in [-0.1, -0.05) is 42.1 Å². The second-order valence-corrected chi connectivity index (χ2v) is 8.51. The molecule has 0 atom stereocenters. The maximum Gasteiger partial charge on any atom is 0.417 e. The van der Waals surface area contributed by atoms with Gasteiger partial charge < -0.3 is 0 Å². The van der Waals surface area contributed by atoms with Crippen molar-refractivity contribution in [2.24, 2.45) is 5.10 Å². The number of halogens is 3. The number of nitro benzene ring substituents is 1. The van der Waals surface area contributed by atoms with Crippen molar-refractivity contribution in [3.05, 3.63) is 104 Å². The lowest BCUT2D eigenvalue weighted by molar-refractivity contribution is -0.384. The third-order valence-corrected chi connectivity index (χ3v) is 5.98. The van der Waals surface area contributed by atoms with Crippen LogP contribution < -0.4 is 11.0 Å². The summed E-state index contributed by atoms with van der Waals surface area (Å²) in [6.45, 7) is 0. The molecule has 38 heavy (non-hydrogen) atoms. The molecule has 0 saturated carbocycles. The van der Waals surface area contributed by atoms with Crippen LogP contribution in [0.4, 0.5) is 24.8 Å². The standard InChI is InChI=1S/C24H14F3N7O3S/c25-24(26,27)16-6-9-20(29-13-16)38-19-8-7-17(34(36)37)10-15(19)12-30-33-23-31-21(14-4-2-1-3-5-14)18(11-28)22(35)32-23/h1-10,12-13H,(H2,31,32,33,35). The third-order valence-electron chi connectivity index (χ3n) is 4.93. The van der Waals surface area contributed by atoms with E-state index in [1.165, 1.54) is 30.5 Å². The quantitative estimate of drug-likeness (QED) is 0.185. The first kappa shape index (κ1) is 26.0. The smallest absolute Gasteiger partial charge is 0.290 e. The normalized spacial score (nSPS) is 11.3. The third kappa shape index (κ3) is 6.02. The fourth-order valence-electron chi connectivity index (χ4n) is 3.16. The Bertz CT molecular complexity index is 1620. The van der Waals surface area contributed by atoms with Gasteiger partial charge >= 0.3 is 6.18 Å². The van der Waals surface area contributed by atoms with Crippen LogP contribution in [-0.4, -0.2) is 26.1 Å². The number of nitrogens with one attached hydrogen (secondary N) is 2. The second kappa shape index (κ2) is 10.9. The van der Waals surface area contributed by atoms with E-state index in [1.807, 2.05) is 6.07 Å². The van der Waals surface area contributed by atoms with Crippen LogP contribution in [0.1, 0.15) is 16.7 Å². The number of hydrogen-bond donors (Lipinski definition) is 2. The van der Waals surface area contributed by atoms with Crippen molar-refractivity contribution in [1.82, 2.24) is 15.0 Å². The lowest BCUT2D eigenvalue weighted by Crippen LogP contribution is -2.16. The first-order valence-electron chi connectivity index (χ1n) is 10.5. The van der Waals surface area contributed by atoms with Gasteiger partial charge in [-0.15, -0.1) is 0 Å². The van der Waals surface area contributed by atoms with Crippen LogP contribution in [0.3, 0.4) is 0 Å². The minimum atomic E-state index is -4.53. The summed E-state index contributed by atoms with van der Waals surface area (Å²) in [5, 5.41) is 24.9. The zero-order chi connectivity index (χ0) is 27.3. The number of non-ortho nitro benzene ring substituents is 1. The van der Waals surface area contributed by atoms with Crippen LogP contribution in [-0.2, 0) is 6.18 Å². The molecule has 0 bridgehead atoms. The van der Waals surface area contributed by atoms with E-state index in [0.717, 1.165) is 17.8 Å². The molecule has 0 aliphatic rings. The minimum absolute atomic E-state index is 0.0897. The number of aromatic amines is 1. The Hall–Kier alpha value is -5.03. The van der Waals surface area contributed by atoms with Gasteiger partial charge in [0.25, 0.3) is 11.2 Å². The highest BCUT2D eigenvalue weighted by atomic mass is 32.2. The number of pyridine rings is 1. The SMILES string of the molecule is N#Cc1c(-c2ccccc2)nc(NN=Cc2cc([N+](=O)[O-])ccc2Sc2ccc(C(F)(F)F)cn2)[nH]c1=O. The van der Waals surface area contributed by atoms with Crippen LogP contribution in [0, 0.1) is 21.4 Å². The van der Waals surface area contributed by atoms with E-state index in [-0.39, 0.29) is 33.5 Å². The second-order valence-electron chi connectivity index (χ2n) is 7.45. The molecule has 2 N–H and O–H groups in total. The van der Waals surface area contributed by atoms with Crippen molar-refractivity contribution in [3.63, 3.8) is 0 Å². The summed E-state index contributed by atoms with van der Waals surface area (Å²) in [7, 11) is 0. The van der Waals surface area contributed by atoms with Gasteiger partial charge in [-0.3, -0.25) is 19.9 Å². The van der Waals surface area contributed by atoms with Crippen molar-refractivity contribution in [2.75, 3.05) is 5.43 Å². The summed E-state index contributed by atoms with van der Waals surface area (Å²) in [5.74, 6) is -0.0897. The Balaban J connectivity index is 1.63. The highest BCUT2D eigenvalue weighted by molar-refractivity contribution is 7.99. The number of hydrogen-bond acceptors (Lipinski definition) is 9. The molecule has 0 saturated heterocycles. The van der Waals surface area contributed by atoms with E-state index < -0.39 is 22.2 Å². The average molecular weight is 537 g/mol. The van der Waals surface area contributed by atoms with Gasteiger partial charge in [0.15, 0.2) is 0 Å². The molecule has 0 aliphatic carbocycles. The molecule has 2 aromatic heterocycles. The summed E-state index contributed by atoms with van der Waals surface area (Å²) >= 11 is 0.978. The lowest BCUT2D eigenvalue weighted by Gasteiger charge is -2.08. The van der Waals surface area contributed by atoms with Crippen LogP contribution in [0.2, 0.25) is 0 Å². The summed E-state index contributed by atoms with van der Waals surface area (Å²) in [6, 6.07) is 16.3. The Kier molecular flexibility index (Phi) is 7.49. The zero-order valence-corrected chi connectivity index (χ0v) is 19.7. The van der Waals surface area contributed by atoms with Crippen molar-refractivity contribution in [1.29, 1.82) is 5.26 Å². The van der Waals surface area contributed by atoms with Crippen LogP contribution in [0.5, 0.6) is 0 Å². The lowest BCUT2D eigenvalue weighted by atomic mass is 10.1. The number of alkyl halides is 3. The number of benzene rings is 2. The fraction of sp³-hybridized carbons (Fsp3) is 0.0417. The minimum Gasteiger partial charge on any atom is -0.290 e. The number of hydrazone groups is 1. The maximum absolute atomic E-state index is 12.8. The van der Waals surface area contributed by atoms with Crippen molar-refractivity contribution < 1.29 is 18.1 Å². The maximum atomic E-state index is 12.8. The van der Waals surface area contributed by atoms with E-state index >= 15 is 0 Å². The van der Waals surface area contributed by atoms with Crippen LogP contribution in [0.15, 0.2) is 86.7 Å². The predicted molar refractivity (Wildman–Crippen MR) is 133 cm³/mol. The number of nitrogens with zero attached hydrogens (tertiary/aromatic N) is 5. The highest BCUT2D eigenvalue weighted by Crippen LogP contribution is 2.33. The predicted octanol–water partition coefficient (Wildman–Crippen LogP) is 5.23. The first-order chi connectivity index (χ1) is 18.2. The molecule has 0 amide bonds. The molecule has 4 rings (SSSR count). The van der Waals surface area contributed by atoms with Gasteiger partial charge in [0, 0.05) is 34.4 Å². The van der Waals surface area contributed by atoms with E-state index in [9.17, 15) is 33.3 Å².